The molecule has 0 heterocycles. The van der Waals surface area contributed by atoms with Gasteiger partial charge in [-0.05, 0) is 53.2 Å². The minimum Gasteiger partial charge on any atom is -0.489 e. The number of nitrogens with one attached hydrogen (secondary N) is 1. The molecule has 4 heteroatoms. The van der Waals surface area contributed by atoms with Crippen LogP contribution in [0.5, 0.6) is 5.75 Å². The van der Waals surface area contributed by atoms with E-state index in [9.17, 15) is 4.39 Å². The van der Waals surface area contributed by atoms with Gasteiger partial charge >= 0.3 is 0 Å². The van der Waals surface area contributed by atoms with E-state index in [1.165, 1.54) is 11.6 Å². The van der Waals surface area contributed by atoms with Crippen molar-refractivity contribution in [1.82, 2.24) is 5.32 Å². The molecule has 2 aromatic rings. The fraction of sp³-hybridized carbons (Fsp3) is 0.294. The molecule has 1 unspecified atom stereocenters. The average Bonchev–Trinajstić information content (AvgIpc) is 2.51. The maximum atomic E-state index is 13.4. The normalized spacial score (nSPS) is 12.2. The van der Waals surface area contributed by atoms with Crippen LogP contribution in [0.2, 0.25) is 0 Å². The predicted octanol–water partition coefficient (Wildman–Crippen LogP) is 4.84. The van der Waals surface area contributed by atoms with Crippen LogP contribution >= 0.6 is 15.9 Å². The first-order chi connectivity index (χ1) is 10.2. The molecule has 2 rings (SSSR count). The molecule has 2 aromatic carbocycles. The number of benzene rings is 2. The summed E-state index contributed by atoms with van der Waals surface area (Å²) in [5.74, 6) is 0.507. The van der Waals surface area contributed by atoms with Crippen LogP contribution in [0, 0.1) is 5.82 Å². The molecule has 0 radical (unpaired) electrons. The van der Waals surface area contributed by atoms with E-state index >= 15 is 0 Å². The van der Waals surface area contributed by atoms with E-state index in [1.54, 1.807) is 6.07 Å². The Morgan fingerprint density at radius 2 is 1.90 bits per heavy atom. The van der Waals surface area contributed by atoms with Gasteiger partial charge in [-0.3, -0.25) is 0 Å². The maximum Gasteiger partial charge on any atom is 0.137 e. The standard InChI is InChI=1S/C17H19BrFNO/c1-3-16(20-2)12-7-9-14(10-8-12)21-11-13-5-4-6-15(19)17(13)18/h4-10,16,20H,3,11H2,1-2H3. The SMILES string of the molecule is CCC(NC)c1ccc(OCc2cccc(F)c2Br)cc1. The summed E-state index contributed by atoms with van der Waals surface area (Å²) in [5, 5.41) is 3.27. The molecular weight excluding hydrogens is 333 g/mol. The summed E-state index contributed by atoms with van der Waals surface area (Å²) in [4.78, 5) is 0. The van der Waals surface area contributed by atoms with Crippen LogP contribution in [-0.4, -0.2) is 7.05 Å². The van der Waals surface area contributed by atoms with Gasteiger partial charge in [-0.25, -0.2) is 4.39 Å². The van der Waals surface area contributed by atoms with Crippen LogP contribution in [0.1, 0.15) is 30.5 Å². The van der Waals surface area contributed by atoms with Crippen molar-refractivity contribution in [2.45, 2.75) is 26.0 Å². The van der Waals surface area contributed by atoms with Gasteiger partial charge in [0.1, 0.15) is 18.2 Å². The van der Waals surface area contributed by atoms with Crippen molar-refractivity contribution in [2.75, 3.05) is 7.05 Å². The zero-order chi connectivity index (χ0) is 15.2. The summed E-state index contributed by atoms with van der Waals surface area (Å²) in [6.07, 6.45) is 1.03. The molecule has 21 heavy (non-hydrogen) atoms. The summed E-state index contributed by atoms with van der Waals surface area (Å²) in [7, 11) is 1.96. The van der Waals surface area contributed by atoms with Gasteiger partial charge in [0.25, 0.3) is 0 Å². The summed E-state index contributed by atoms with van der Waals surface area (Å²) in [6, 6.07) is 13.3. The van der Waals surface area contributed by atoms with E-state index in [-0.39, 0.29) is 5.82 Å². The van der Waals surface area contributed by atoms with Crippen molar-refractivity contribution in [3.63, 3.8) is 0 Å². The summed E-state index contributed by atoms with van der Waals surface area (Å²) in [5.41, 5.74) is 2.03. The van der Waals surface area contributed by atoms with Gasteiger partial charge in [0.2, 0.25) is 0 Å². The van der Waals surface area contributed by atoms with E-state index in [1.807, 2.05) is 25.2 Å². The van der Waals surface area contributed by atoms with Crippen LogP contribution in [0.3, 0.4) is 0 Å². The first-order valence-corrected chi connectivity index (χ1v) is 7.78. The highest BCUT2D eigenvalue weighted by Crippen LogP contribution is 2.23. The zero-order valence-electron chi connectivity index (χ0n) is 12.2. The van der Waals surface area contributed by atoms with Crippen molar-refractivity contribution >= 4 is 15.9 Å². The molecule has 2 nitrogen and oxygen atoms in total. The molecular formula is C17H19BrFNO. The third-order valence-corrected chi connectivity index (χ3v) is 4.35. The zero-order valence-corrected chi connectivity index (χ0v) is 13.8. The second kappa shape index (κ2) is 7.57. The van der Waals surface area contributed by atoms with Gasteiger partial charge in [-0.1, -0.05) is 31.2 Å². The Balaban J connectivity index is 2.02. The first-order valence-electron chi connectivity index (χ1n) is 6.98. The van der Waals surface area contributed by atoms with Crippen molar-refractivity contribution in [1.29, 1.82) is 0 Å². The Labute approximate surface area is 133 Å². The Bertz CT molecular complexity index is 582. The highest BCUT2D eigenvalue weighted by Gasteiger charge is 2.08. The van der Waals surface area contributed by atoms with Crippen LogP contribution in [-0.2, 0) is 6.61 Å². The van der Waals surface area contributed by atoms with Crippen LogP contribution in [0.4, 0.5) is 4.39 Å². The molecule has 0 aliphatic carbocycles. The number of halogens is 2. The minimum absolute atomic E-state index is 0.272. The summed E-state index contributed by atoms with van der Waals surface area (Å²) < 4.78 is 19.6. The Kier molecular flexibility index (Phi) is 5.76. The van der Waals surface area contributed by atoms with Crippen LogP contribution < -0.4 is 10.1 Å². The van der Waals surface area contributed by atoms with Gasteiger partial charge in [-0.15, -0.1) is 0 Å². The lowest BCUT2D eigenvalue weighted by Gasteiger charge is -2.15. The monoisotopic (exact) mass is 351 g/mol. The molecule has 0 aliphatic rings. The summed E-state index contributed by atoms with van der Waals surface area (Å²) >= 11 is 3.24. The lowest BCUT2D eigenvalue weighted by molar-refractivity contribution is 0.304. The fourth-order valence-corrected chi connectivity index (χ4v) is 2.60. The van der Waals surface area contributed by atoms with Gasteiger partial charge in [0, 0.05) is 11.6 Å². The average molecular weight is 352 g/mol. The molecule has 0 saturated heterocycles. The van der Waals surface area contributed by atoms with Gasteiger partial charge in [0.05, 0.1) is 4.47 Å². The molecule has 0 amide bonds. The van der Waals surface area contributed by atoms with Gasteiger partial charge < -0.3 is 10.1 Å². The molecule has 1 atom stereocenters. The molecule has 112 valence electrons. The largest absolute Gasteiger partial charge is 0.489 e. The minimum atomic E-state index is -0.272. The van der Waals surface area contributed by atoms with E-state index in [0.717, 1.165) is 17.7 Å². The van der Waals surface area contributed by atoms with Gasteiger partial charge in [0.15, 0.2) is 0 Å². The molecule has 0 aliphatic heterocycles. The van der Waals surface area contributed by atoms with E-state index in [0.29, 0.717) is 17.1 Å². The molecule has 0 fully saturated rings. The number of rotatable bonds is 6. The second-order valence-electron chi connectivity index (χ2n) is 4.82. The van der Waals surface area contributed by atoms with Crippen molar-refractivity contribution in [2.24, 2.45) is 0 Å². The number of ether oxygens (including phenoxy) is 1. The Hall–Kier alpha value is -1.39. The molecule has 0 aromatic heterocycles. The van der Waals surface area contributed by atoms with E-state index in [4.69, 9.17) is 4.74 Å². The van der Waals surface area contributed by atoms with Crippen molar-refractivity contribution in [3.05, 3.63) is 63.9 Å². The lowest BCUT2D eigenvalue weighted by Crippen LogP contribution is -2.14. The third-order valence-electron chi connectivity index (χ3n) is 3.47. The predicted molar refractivity (Wildman–Crippen MR) is 87.0 cm³/mol. The van der Waals surface area contributed by atoms with E-state index in [2.05, 4.69) is 40.3 Å². The topological polar surface area (TPSA) is 21.3 Å². The van der Waals surface area contributed by atoms with Crippen LogP contribution in [0.15, 0.2) is 46.9 Å². The second-order valence-corrected chi connectivity index (χ2v) is 5.61. The molecule has 0 bridgehead atoms. The van der Waals surface area contributed by atoms with Crippen molar-refractivity contribution in [3.8, 4) is 5.75 Å². The first kappa shape index (κ1) is 16.0. The van der Waals surface area contributed by atoms with E-state index < -0.39 is 0 Å². The van der Waals surface area contributed by atoms with Gasteiger partial charge in [-0.2, -0.15) is 0 Å². The molecule has 1 N–H and O–H groups in total. The number of hydrogen-bond acceptors (Lipinski definition) is 2. The lowest BCUT2D eigenvalue weighted by atomic mass is 10.0. The number of hydrogen-bond donors (Lipinski definition) is 1. The third kappa shape index (κ3) is 4.05. The molecule has 0 spiro atoms. The molecule has 0 saturated carbocycles. The smallest absolute Gasteiger partial charge is 0.137 e. The Morgan fingerprint density at radius 3 is 2.52 bits per heavy atom. The fourth-order valence-electron chi connectivity index (χ4n) is 2.22. The Morgan fingerprint density at radius 1 is 1.19 bits per heavy atom. The summed E-state index contributed by atoms with van der Waals surface area (Å²) in [6.45, 7) is 2.48. The van der Waals surface area contributed by atoms with Crippen LogP contribution in [0.25, 0.3) is 0 Å². The quantitative estimate of drug-likeness (QED) is 0.803. The highest BCUT2D eigenvalue weighted by molar-refractivity contribution is 9.10. The van der Waals surface area contributed by atoms with Crippen molar-refractivity contribution < 1.29 is 9.13 Å². The maximum absolute atomic E-state index is 13.4. The highest BCUT2D eigenvalue weighted by atomic mass is 79.9.